The minimum atomic E-state index is -0.153. The first-order valence-electron chi connectivity index (χ1n) is 7.11. The minimum absolute atomic E-state index is 0.153. The molecule has 0 spiro atoms. The van der Waals surface area contributed by atoms with Crippen molar-refractivity contribution < 1.29 is 9.53 Å². The van der Waals surface area contributed by atoms with Gasteiger partial charge in [-0.05, 0) is 43.5 Å². The summed E-state index contributed by atoms with van der Waals surface area (Å²) in [5, 5.41) is 3.43. The Hall–Kier alpha value is -1.00. The maximum atomic E-state index is 11.3. The van der Waals surface area contributed by atoms with Crippen molar-refractivity contribution in [3.63, 3.8) is 0 Å². The monoisotopic (exact) mass is 295 g/mol. The van der Waals surface area contributed by atoms with Crippen molar-refractivity contribution in [1.29, 1.82) is 0 Å². The van der Waals surface area contributed by atoms with Crippen LogP contribution in [0.25, 0.3) is 0 Å². The van der Waals surface area contributed by atoms with Gasteiger partial charge in [-0.15, -0.1) is 11.8 Å². The Balaban J connectivity index is 2.48. The number of benzene rings is 1. The molecule has 0 aliphatic rings. The molecular formula is C16H25NO2S. The van der Waals surface area contributed by atoms with Crippen molar-refractivity contribution in [3.05, 3.63) is 29.3 Å². The first-order valence-corrected chi connectivity index (χ1v) is 8.10. The van der Waals surface area contributed by atoms with Gasteiger partial charge in [0.05, 0.1) is 12.4 Å². The fourth-order valence-electron chi connectivity index (χ4n) is 1.83. The van der Waals surface area contributed by atoms with Crippen LogP contribution in [0.1, 0.15) is 31.9 Å². The van der Waals surface area contributed by atoms with E-state index >= 15 is 0 Å². The number of rotatable bonds is 8. The van der Waals surface area contributed by atoms with Crippen LogP contribution in [0.5, 0.6) is 0 Å². The predicted octanol–water partition coefficient (Wildman–Crippen LogP) is 3.40. The zero-order valence-electron chi connectivity index (χ0n) is 12.9. The number of nitrogens with one attached hydrogen (secondary N) is 1. The van der Waals surface area contributed by atoms with Crippen LogP contribution in [-0.4, -0.2) is 24.9 Å². The highest BCUT2D eigenvalue weighted by Crippen LogP contribution is 2.23. The summed E-state index contributed by atoms with van der Waals surface area (Å²) in [6, 6.07) is 6.39. The number of hydrogen-bond donors (Lipinski definition) is 1. The molecule has 0 heterocycles. The van der Waals surface area contributed by atoms with Gasteiger partial charge in [0.2, 0.25) is 0 Å². The Morgan fingerprint density at radius 3 is 2.75 bits per heavy atom. The third-order valence-corrected chi connectivity index (χ3v) is 3.92. The van der Waals surface area contributed by atoms with Gasteiger partial charge in [-0.3, -0.25) is 4.79 Å². The number of hydrogen-bond acceptors (Lipinski definition) is 4. The van der Waals surface area contributed by atoms with Gasteiger partial charge in [0.1, 0.15) is 0 Å². The predicted molar refractivity (Wildman–Crippen MR) is 85.1 cm³/mol. The minimum Gasteiger partial charge on any atom is -0.465 e. The van der Waals surface area contributed by atoms with E-state index in [1.807, 2.05) is 6.92 Å². The Bertz CT molecular complexity index is 432. The molecule has 0 aliphatic carbocycles. The maximum Gasteiger partial charge on any atom is 0.316 e. The second-order valence-corrected chi connectivity index (χ2v) is 6.24. The molecule has 1 aromatic rings. The molecule has 0 unspecified atom stereocenters. The molecule has 0 fully saturated rings. The van der Waals surface area contributed by atoms with Crippen molar-refractivity contribution in [2.75, 3.05) is 18.9 Å². The lowest BCUT2D eigenvalue weighted by Crippen LogP contribution is -2.18. The van der Waals surface area contributed by atoms with Gasteiger partial charge >= 0.3 is 5.97 Å². The molecular weight excluding hydrogens is 270 g/mol. The molecule has 0 amide bonds. The summed E-state index contributed by atoms with van der Waals surface area (Å²) in [7, 11) is 0. The molecule has 112 valence electrons. The molecule has 1 N–H and O–H groups in total. The summed E-state index contributed by atoms with van der Waals surface area (Å²) in [6.07, 6.45) is 0. The number of esters is 1. The average molecular weight is 295 g/mol. The Morgan fingerprint density at radius 1 is 1.40 bits per heavy atom. The van der Waals surface area contributed by atoms with E-state index in [4.69, 9.17) is 4.74 Å². The number of carbonyl (C=O) groups excluding carboxylic acids is 1. The summed E-state index contributed by atoms with van der Waals surface area (Å²) >= 11 is 1.54. The SMILES string of the molecule is CCOC(=O)CSc1ccc(CNCC(C)C)cc1C. The normalized spacial score (nSPS) is 10.8. The molecule has 1 rings (SSSR count). The van der Waals surface area contributed by atoms with Crippen LogP contribution in [0.4, 0.5) is 0 Å². The lowest BCUT2D eigenvalue weighted by Gasteiger charge is -2.10. The van der Waals surface area contributed by atoms with Gasteiger partial charge in [0, 0.05) is 11.4 Å². The van der Waals surface area contributed by atoms with Gasteiger partial charge in [0.15, 0.2) is 0 Å². The zero-order chi connectivity index (χ0) is 15.0. The van der Waals surface area contributed by atoms with Gasteiger partial charge in [0.25, 0.3) is 0 Å². The second-order valence-electron chi connectivity index (χ2n) is 5.22. The van der Waals surface area contributed by atoms with E-state index in [-0.39, 0.29) is 5.97 Å². The second kappa shape index (κ2) is 9.03. The quantitative estimate of drug-likeness (QED) is 0.589. The van der Waals surface area contributed by atoms with Gasteiger partial charge in [-0.2, -0.15) is 0 Å². The van der Waals surface area contributed by atoms with Crippen LogP contribution >= 0.6 is 11.8 Å². The molecule has 0 saturated heterocycles. The fourth-order valence-corrected chi connectivity index (χ4v) is 2.64. The van der Waals surface area contributed by atoms with Crippen LogP contribution in [0, 0.1) is 12.8 Å². The smallest absolute Gasteiger partial charge is 0.316 e. The molecule has 1 aromatic carbocycles. The van der Waals surface area contributed by atoms with Gasteiger partial charge in [-0.1, -0.05) is 26.0 Å². The Kier molecular flexibility index (Phi) is 7.70. The van der Waals surface area contributed by atoms with E-state index in [1.54, 1.807) is 0 Å². The molecule has 20 heavy (non-hydrogen) atoms. The van der Waals surface area contributed by atoms with Gasteiger partial charge < -0.3 is 10.1 Å². The van der Waals surface area contributed by atoms with E-state index in [2.05, 4.69) is 44.3 Å². The Morgan fingerprint density at radius 2 is 2.15 bits per heavy atom. The molecule has 0 aromatic heterocycles. The van der Waals surface area contributed by atoms with Crippen LogP contribution < -0.4 is 5.32 Å². The van der Waals surface area contributed by atoms with Crippen LogP contribution in [-0.2, 0) is 16.1 Å². The van der Waals surface area contributed by atoms with Gasteiger partial charge in [-0.25, -0.2) is 0 Å². The van der Waals surface area contributed by atoms with E-state index in [0.717, 1.165) is 18.0 Å². The lowest BCUT2D eigenvalue weighted by atomic mass is 10.1. The summed E-state index contributed by atoms with van der Waals surface area (Å²) < 4.78 is 4.93. The average Bonchev–Trinajstić information content (AvgIpc) is 2.37. The van der Waals surface area contributed by atoms with Crippen molar-refractivity contribution >= 4 is 17.7 Å². The zero-order valence-corrected chi connectivity index (χ0v) is 13.7. The number of ether oxygens (including phenoxy) is 1. The highest BCUT2D eigenvalue weighted by molar-refractivity contribution is 8.00. The summed E-state index contributed by atoms with van der Waals surface area (Å²) in [5.41, 5.74) is 2.49. The maximum absolute atomic E-state index is 11.3. The number of carbonyl (C=O) groups is 1. The molecule has 0 atom stereocenters. The van der Waals surface area contributed by atoms with Crippen LogP contribution in [0.2, 0.25) is 0 Å². The number of aryl methyl sites for hydroxylation is 1. The van der Waals surface area contributed by atoms with E-state index < -0.39 is 0 Å². The molecule has 4 heteroatoms. The molecule has 0 bridgehead atoms. The highest BCUT2D eigenvalue weighted by Gasteiger charge is 2.06. The third-order valence-electron chi connectivity index (χ3n) is 2.77. The highest BCUT2D eigenvalue weighted by atomic mass is 32.2. The number of thioether (sulfide) groups is 1. The standard InChI is InChI=1S/C16H25NO2S/c1-5-19-16(18)11-20-15-7-6-14(8-13(15)4)10-17-9-12(2)3/h6-8,12,17H,5,9-11H2,1-4H3. The molecule has 0 aliphatic heterocycles. The summed E-state index contributed by atoms with van der Waals surface area (Å²) in [4.78, 5) is 12.5. The molecule has 0 saturated carbocycles. The fraction of sp³-hybridized carbons (Fsp3) is 0.562. The summed E-state index contributed by atoms with van der Waals surface area (Å²) in [5.74, 6) is 0.884. The van der Waals surface area contributed by atoms with Crippen molar-refractivity contribution in [2.45, 2.75) is 39.1 Å². The first kappa shape index (κ1) is 17.1. The summed E-state index contributed by atoms with van der Waals surface area (Å²) in [6.45, 7) is 10.7. The van der Waals surface area contributed by atoms with E-state index in [1.165, 1.54) is 22.9 Å². The largest absolute Gasteiger partial charge is 0.465 e. The molecule has 3 nitrogen and oxygen atoms in total. The topological polar surface area (TPSA) is 38.3 Å². The third kappa shape index (κ3) is 6.44. The molecule has 0 radical (unpaired) electrons. The Labute approximate surface area is 126 Å². The van der Waals surface area contributed by atoms with E-state index in [9.17, 15) is 4.79 Å². The van der Waals surface area contributed by atoms with Crippen molar-refractivity contribution in [1.82, 2.24) is 5.32 Å². The van der Waals surface area contributed by atoms with Crippen LogP contribution in [0.15, 0.2) is 23.1 Å². The lowest BCUT2D eigenvalue weighted by molar-refractivity contribution is -0.139. The van der Waals surface area contributed by atoms with Crippen molar-refractivity contribution in [3.8, 4) is 0 Å². The van der Waals surface area contributed by atoms with E-state index in [0.29, 0.717) is 18.3 Å². The van der Waals surface area contributed by atoms with Crippen LogP contribution in [0.3, 0.4) is 0 Å². The van der Waals surface area contributed by atoms with Crippen molar-refractivity contribution in [2.24, 2.45) is 5.92 Å². The first-order chi connectivity index (χ1) is 9.52.